The van der Waals surface area contributed by atoms with Crippen molar-refractivity contribution in [2.45, 2.75) is 19.3 Å². The predicted molar refractivity (Wildman–Crippen MR) is 111 cm³/mol. The van der Waals surface area contributed by atoms with Crippen molar-refractivity contribution >= 4 is 35.0 Å². The molecular formula is C22H21ClN2O5. The van der Waals surface area contributed by atoms with Crippen LogP contribution in [-0.2, 0) is 4.74 Å². The van der Waals surface area contributed by atoms with Crippen LogP contribution < -0.4 is 5.32 Å². The molecule has 0 aromatic heterocycles. The number of ether oxygens (including phenoxy) is 1. The summed E-state index contributed by atoms with van der Waals surface area (Å²) in [4.78, 5) is 39.3. The summed E-state index contributed by atoms with van der Waals surface area (Å²) in [6.45, 7) is 1.79. The molecule has 0 saturated carbocycles. The molecule has 1 saturated heterocycles. The molecule has 2 aliphatic rings. The number of rotatable bonds is 5. The van der Waals surface area contributed by atoms with Crippen LogP contribution in [0.4, 0.5) is 5.69 Å². The number of nitrogens with one attached hydrogen (secondary N) is 1. The van der Waals surface area contributed by atoms with E-state index in [2.05, 4.69) is 5.32 Å². The lowest BCUT2D eigenvalue weighted by Crippen LogP contribution is -2.32. The Labute approximate surface area is 178 Å². The van der Waals surface area contributed by atoms with Gasteiger partial charge in [0.2, 0.25) is 0 Å². The summed E-state index contributed by atoms with van der Waals surface area (Å²) in [7, 11) is 0. The lowest BCUT2D eigenvalue weighted by atomic mass is 9.96. The zero-order valence-corrected chi connectivity index (χ0v) is 16.9. The number of amides is 3. The molecule has 2 aromatic rings. The number of benzene rings is 2. The number of nitrogens with zero attached hydrogens (tertiary/aromatic N) is 1. The third kappa shape index (κ3) is 4.04. The molecule has 0 bridgehead atoms. The summed E-state index contributed by atoms with van der Waals surface area (Å²) in [6, 6.07) is 8.70. The Kier molecular flexibility index (Phi) is 5.74. The van der Waals surface area contributed by atoms with Gasteiger partial charge < -0.3 is 15.2 Å². The lowest BCUT2D eigenvalue weighted by molar-refractivity contribution is 0.0536. The first-order chi connectivity index (χ1) is 14.4. The molecule has 0 aliphatic carbocycles. The molecule has 4 rings (SSSR count). The van der Waals surface area contributed by atoms with E-state index in [4.69, 9.17) is 16.3 Å². The van der Waals surface area contributed by atoms with Crippen LogP contribution in [0, 0.1) is 5.92 Å². The monoisotopic (exact) mass is 428 g/mol. The SMILES string of the molecule is O=C(Nc1cc(Cl)ccc1O)c1ccc2c(c1)C(=O)N(CCC1CCOCC1)C2=O. The molecule has 2 N–H and O–H groups in total. The number of anilines is 1. The average molecular weight is 429 g/mol. The van der Waals surface area contributed by atoms with E-state index in [0.29, 0.717) is 36.3 Å². The van der Waals surface area contributed by atoms with Crippen molar-refractivity contribution < 1.29 is 24.2 Å². The van der Waals surface area contributed by atoms with Crippen LogP contribution >= 0.6 is 11.6 Å². The van der Waals surface area contributed by atoms with Gasteiger partial charge in [0.25, 0.3) is 17.7 Å². The quantitative estimate of drug-likeness (QED) is 0.559. The number of phenolic OH excluding ortho intramolecular Hbond substituents is 1. The molecule has 0 spiro atoms. The van der Waals surface area contributed by atoms with Gasteiger partial charge in [-0.1, -0.05) is 11.6 Å². The number of carbonyl (C=O) groups is 3. The van der Waals surface area contributed by atoms with Crippen molar-refractivity contribution in [2.24, 2.45) is 5.92 Å². The number of halogens is 1. The zero-order chi connectivity index (χ0) is 21.3. The third-order valence-corrected chi connectivity index (χ3v) is 5.78. The summed E-state index contributed by atoms with van der Waals surface area (Å²) in [5.41, 5.74) is 0.887. The summed E-state index contributed by atoms with van der Waals surface area (Å²) >= 11 is 5.90. The largest absolute Gasteiger partial charge is 0.506 e. The van der Waals surface area contributed by atoms with Crippen LogP contribution in [0.1, 0.15) is 50.3 Å². The van der Waals surface area contributed by atoms with Crippen molar-refractivity contribution in [3.05, 3.63) is 58.1 Å². The van der Waals surface area contributed by atoms with Crippen LogP contribution in [0.15, 0.2) is 36.4 Å². The van der Waals surface area contributed by atoms with Crippen LogP contribution in [0.2, 0.25) is 5.02 Å². The highest BCUT2D eigenvalue weighted by Crippen LogP contribution is 2.29. The molecular weight excluding hydrogens is 408 g/mol. The highest BCUT2D eigenvalue weighted by Gasteiger charge is 2.36. The van der Waals surface area contributed by atoms with Crippen molar-refractivity contribution in [3.8, 4) is 5.75 Å². The van der Waals surface area contributed by atoms with E-state index in [0.717, 1.165) is 19.3 Å². The molecule has 0 atom stereocenters. The van der Waals surface area contributed by atoms with Gasteiger partial charge in [0.05, 0.1) is 16.8 Å². The summed E-state index contributed by atoms with van der Waals surface area (Å²) in [5.74, 6) is -0.922. The van der Waals surface area contributed by atoms with Crippen molar-refractivity contribution in [1.29, 1.82) is 0 Å². The fourth-order valence-corrected chi connectivity index (χ4v) is 3.96. The lowest BCUT2D eigenvalue weighted by Gasteiger charge is -2.23. The third-order valence-electron chi connectivity index (χ3n) is 5.54. The number of aromatic hydroxyl groups is 1. The minimum absolute atomic E-state index is 0.126. The fraction of sp³-hybridized carbons (Fsp3) is 0.318. The molecule has 0 radical (unpaired) electrons. The number of carbonyl (C=O) groups excluding carboxylic acids is 3. The van der Waals surface area contributed by atoms with E-state index in [1.165, 1.54) is 41.3 Å². The maximum absolute atomic E-state index is 12.8. The Morgan fingerprint density at radius 1 is 1.10 bits per heavy atom. The van der Waals surface area contributed by atoms with Gasteiger partial charge >= 0.3 is 0 Å². The number of hydrogen-bond acceptors (Lipinski definition) is 5. The van der Waals surface area contributed by atoms with E-state index < -0.39 is 5.91 Å². The highest BCUT2D eigenvalue weighted by molar-refractivity contribution is 6.31. The minimum Gasteiger partial charge on any atom is -0.506 e. The van der Waals surface area contributed by atoms with Gasteiger partial charge in [-0.15, -0.1) is 0 Å². The van der Waals surface area contributed by atoms with Gasteiger partial charge in [-0.3, -0.25) is 19.3 Å². The first-order valence-corrected chi connectivity index (χ1v) is 10.2. The smallest absolute Gasteiger partial charge is 0.261 e. The second-order valence-electron chi connectivity index (χ2n) is 7.48. The van der Waals surface area contributed by atoms with Gasteiger partial charge in [-0.2, -0.15) is 0 Å². The summed E-state index contributed by atoms with van der Waals surface area (Å²) in [5, 5.41) is 12.8. The molecule has 2 aromatic carbocycles. The molecule has 2 heterocycles. The first kappa shape index (κ1) is 20.4. The Balaban J connectivity index is 1.48. The van der Waals surface area contributed by atoms with Crippen molar-refractivity contribution in [1.82, 2.24) is 4.90 Å². The standard InChI is InChI=1S/C22H21ClN2O5/c23-15-2-4-19(26)18(12-15)24-20(27)14-1-3-16-17(11-14)22(29)25(21(16)28)8-5-13-6-9-30-10-7-13/h1-4,11-13,26H,5-10H2,(H,24,27). The maximum atomic E-state index is 12.8. The molecule has 156 valence electrons. The highest BCUT2D eigenvalue weighted by atomic mass is 35.5. The second kappa shape index (κ2) is 8.45. The molecule has 2 aliphatic heterocycles. The Morgan fingerprint density at radius 2 is 1.83 bits per heavy atom. The van der Waals surface area contributed by atoms with Gasteiger partial charge in [-0.05, 0) is 61.6 Å². The number of fused-ring (bicyclic) bond motifs is 1. The Morgan fingerprint density at radius 3 is 2.60 bits per heavy atom. The van der Waals surface area contributed by atoms with E-state index >= 15 is 0 Å². The summed E-state index contributed by atoms with van der Waals surface area (Å²) in [6.07, 6.45) is 2.61. The van der Waals surface area contributed by atoms with Crippen LogP contribution in [0.3, 0.4) is 0 Å². The average Bonchev–Trinajstić information content (AvgIpc) is 2.99. The Bertz CT molecular complexity index is 1020. The zero-order valence-electron chi connectivity index (χ0n) is 16.2. The fourth-order valence-electron chi connectivity index (χ4n) is 3.78. The van der Waals surface area contributed by atoms with Crippen LogP contribution in [0.5, 0.6) is 5.75 Å². The van der Waals surface area contributed by atoms with E-state index in [1.807, 2.05) is 0 Å². The first-order valence-electron chi connectivity index (χ1n) is 9.82. The van der Waals surface area contributed by atoms with Gasteiger partial charge in [0.15, 0.2) is 0 Å². The number of phenols is 1. The van der Waals surface area contributed by atoms with E-state index in [-0.39, 0.29) is 34.4 Å². The topological polar surface area (TPSA) is 95.9 Å². The van der Waals surface area contributed by atoms with E-state index in [9.17, 15) is 19.5 Å². The minimum atomic E-state index is -0.517. The van der Waals surface area contributed by atoms with Crippen molar-refractivity contribution in [3.63, 3.8) is 0 Å². The molecule has 0 unspecified atom stereocenters. The predicted octanol–water partition coefficient (Wildman–Crippen LogP) is 3.71. The van der Waals surface area contributed by atoms with Gasteiger partial charge in [0, 0.05) is 30.3 Å². The van der Waals surface area contributed by atoms with Gasteiger partial charge in [0.1, 0.15) is 5.75 Å². The second-order valence-corrected chi connectivity index (χ2v) is 7.92. The Hall–Kier alpha value is -2.90. The maximum Gasteiger partial charge on any atom is 0.261 e. The van der Waals surface area contributed by atoms with Crippen molar-refractivity contribution in [2.75, 3.05) is 25.1 Å². The molecule has 3 amide bonds. The van der Waals surface area contributed by atoms with E-state index in [1.54, 1.807) is 0 Å². The molecule has 30 heavy (non-hydrogen) atoms. The number of imide groups is 1. The summed E-state index contributed by atoms with van der Waals surface area (Å²) < 4.78 is 5.35. The number of hydrogen-bond donors (Lipinski definition) is 2. The van der Waals surface area contributed by atoms with Crippen LogP contribution in [-0.4, -0.2) is 47.5 Å². The van der Waals surface area contributed by atoms with Crippen LogP contribution in [0.25, 0.3) is 0 Å². The van der Waals surface area contributed by atoms with Gasteiger partial charge in [-0.25, -0.2) is 0 Å². The molecule has 7 nitrogen and oxygen atoms in total. The molecule has 8 heteroatoms. The molecule has 1 fully saturated rings. The normalized spacial score (nSPS) is 16.6.